The molecule has 84 valence electrons. The Labute approximate surface area is 91.0 Å². The zero-order valence-corrected chi connectivity index (χ0v) is 8.29. The summed E-state index contributed by atoms with van der Waals surface area (Å²) in [5.74, 6) is -1.37. The van der Waals surface area contributed by atoms with Gasteiger partial charge in [-0.05, 0) is 17.7 Å². The van der Waals surface area contributed by atoms with Crippen LogP contribution in [0.15, 0.2) is 23.3 Å². The largest absolute Gasteiger partial charge is 0.504 e. The van der Waals surface area contributed by atoms with Crippen LogP contribution in [0.3, 0.4) is 0 Å². The smallest absolute Gasteiger partial charge is 0.255 e. The molecule has 0 fully saturated rings. The van der Waals surface area contributed by atoms with Crippen molar-refractivity contribution < 1.29 is 15.0 Å². The zero-order chi connectivity index (χ0) is 12.0. The second-order valence-corrected chi connectivity index (χ2v) is 2.88. The van der Waals surface area contributed by atoms with Crippen molar-refractivity contribution in [1.29, 1.82) is 0 Å². The molecule has 7 heteroatoms. The van der Waals surface area contributed by atoms with Crippen LogP contribution in [0.1, 0.15) is 10.4 Å². The van der Waals surface area contributed by atoms with E-state index in [-0.39, 0.29) is 24.4 Å². The van der Waals surface area contributed by atoms with Gasteiger partial charge in [-0.2, -0.15) is 0 Å². The number of azide groups is 1. The number of nitrogens with zero attached hydrogens (tertiary/aromatic N) is 3. The molecule has 1 rings (SSSR count). The van der Waals surface area contributed by atoms with E-state index in [0.717, 1.165) is 0 Å². The fourth-order valence-corrected chi connectivity index (χ4v) is 1.07. The van der Waals surface area contributed by atoms with Crippen LogP contribution in [0.25, 0.3) is 10.4 Å². The molecule has 7 nitrogen and oxygen atoms in total. The lowest BCUT2D eigenvalue weighted by molar-refractivity contribution is 0.0951. The Hall–Kier alpha value is -2.40. The summed E-state index contributed by atoms with van der Waals surface area (Å²) in [6.07, 6.45) is 0. The van der Waals surface area contributed by atoms with E-state index in [9.17, 15) is 9.90 Å². The van der Waals surface area contributed by atoms with Gasteiger partial charge in [0.2, 0.25) is 0 Å². The normalized spacial score (nSPS) is 9.25. The minimum Gasteiger partial charge on any atom is -0.504 e. The Kier molecular flexibility index (Phi) is 3.99. The number of phenolic OH excluding ortho intramolecular Hbond substituents is 2. The molecule has 16 heavy (non-hydrogen) atoms. The summed E-state index contributed by atoms with van der Waals surface area (Å²) in [4.78, 5) is 14.0. The summed E-state index contributed by atoms with van der Waals surface area (Å²) in [5.41, 5.74) is 7.97. The van der Waals surface area contributed by atoms with Crippen LogP contribution in [0.5, 0.6) is 11.5 Å². The van der Waals surface area contributed by atoms with Crippen molar-refractivity contribution in [2.45, 2.75) is 0 Å². The quantitative estimate of drug-likeness (QED) is 0.233. The van der Waals surface area contributed by atoms with Gasteiger partial charge in [0.05, 0.1) is 5.56 Å². The molecular weight excluding hydrogens is 212 g/mol. The summed E-state index contributed by atoms with van der Waals surface area (Å²) in [7, 11) is 0. The number of amides is 1. The number of para-hydroxylation sites is 1. The Balaban J connectivity index is 2.66. The molecule has 3 N–H and O–H groups in total. The molecule has 0 heterocycles. The van der Waals surface area contributed by atoms with Gasteiger partial charge in [0.15, 0.2) is 11.5 Å². The van der Waals surface area contributed by atoms with Gasteiger partial charge in [0.1, 0.15) is 0 Å². The monoisotopic (exact) mass is 222 g/mol. The third kappa shape index (κ3) is 2.79. The minimum absolute atomic E-state index is 0.0269. The van der Waals surface area contributed by atoms with E-state index in [1.54, 1.807) is 0 Å². The lowest BCUT2D eigenvalue weighted by Gasteiger charge is -2.06. The van der Waals surface area contributed by atoms with Crippen LogP contribution in [0, 0.1) is 0 Å². The number of phenols is 2. The number of benzene rings is 1. The highest BCUT2D eigenvalue weighted by molar-refractivity contribution is 5.97. The first-order valence-corrected chi connectivity index (χ1v) is 4.47. The lowest BCUT2D eigenvalue weighted by Crippen LogP contribution is -2.25. The van der Waals surface area contributed by atoms with E-state index >= 15 is 0 Å². The Bertz CT molecular complexity index is 440. The summed E-state index contributed by atoms with van der Waals surface area (Å²) < 4.78 is 0. The molecule has 0 saturated heterocycles. The third-order valence-corrected chi connectivity index (χ3v) is 1.82. The van der Waals surface area contributed by atoms with Crippen molar-refractivity contribution >= 4 is 5.91 Å². The zero-order valence-electron chi connectivity index (χ0n) is 8.29. The van der Waals surface area contributed by atoms with Gasteiger partial charge in [-0.25, -0.2) is 0 Å². The maximum absolute atomic E-state index is 11.5. The van der Waals surface area contributed by atoms with Crippen molar-refractivity contribution in [3.05, 3.63) is 34.2 Å². The van der Waals surface area contributed by atoms with Crippen LogP contribution in [0.2, 0.25) is 0 Å². The average molecular weight is 222 g/mol. The number of rotatable bonds is 4. The van der Waals surface area contributed by atoms with Crippen LogP contribution in [-0.2, 0) is 0 Å². The topological polar surface area (TPSA) is 118 Å². The third-order valence-electron chi connectivity index (χ3n) is 1.82. The molecule has 1 aromatic rings. The first-order chi connectivity index (χ1) is 7.66. The predicted molar refractivity (Wildman–Crippen MR) is 56.1 cm³/mol. The molecule has 0 aromatic heterocycles. The minimum atomic E-state index is -0.540. The van der Waals surface area contributed by atoms with E-state index in [0.29, 0.717) is 0 Å². The number of hydrogen-bond donors (Lipinski definition) is 3. The second kappa shape index (κ2) is 5.47. The number of carbonyl (C=O) groups excluding carboxylic acids is 1. The molecule has 0 aliphatic rings. The first kappa shape index (κ1) is 11.7. The summed E-state index contributed by atoms with van der Waals surface area (Å²) in [5, 5.41) is 24.2. The van der Waals surface area contributed by atoms with Crippen LogP contribution < -0.4 is 5.32 Å². The van der Waals surface area contributed by atoms with Crippen molar-refractivity contribution in [2.24, 2.45) is 5.11 Å². The average Bonchev–Trinajstić information content (AvgIpc) is 2.28. The van der Waals surface area contributed by atoms with Gasteiger partial charge in [-0.3, -0.25) is 4.79 Å². The van der Waals surface area contributed by atoms with Crippen molar-refractivity contribution in [3.63, 3.8) is 0 Å². The molecule has 1 aromatic carbocycles. The van der Waals surface area contributed by atoms with E-state index in [1.165, 1.54) is 18.2 Å². The number of hydrogen-bond acceptors (Lipinski definition) is 4. The molecule has 0 saturated carbocycles. The van der Waals surface area contributed by atoms with Crippen LogP contribution in [0.4, 0.5) is 0 Å². The molecule has 0 bridgehead atoms. The SMILES string of the molecule is [N-]=[N+]=NCCNC(=O)c1cccc(O)c1O. The van der Waals surface area contributed by atoms with Gasteiger partial charge >= 0.3 is 0 Å². The van der Waals surface area contributed by atoms with E-state index in [1.807, 2.05) is 0 Å². The fourth-order valence-electron chi connectivity index (χ4n) is 1.07. The molecule has 0 radical (unpaired) electrons. The molecule has 0 aliphatic heterocycles. The molecule has 1 amide bonds. The van der Waals surface area contributed by atoms with Crippen LogP contribution in [-0.4, -0.2) is 29.2 Å². The second-order valence-electron chi connectivity index (χ2n) is 2.88. The van der Waals surface area contributed by atoms with Crippen molar-refractivity contribution in [2.75, 3.05) is 13.1 Å². The van der Waals surface area contributed by atoms with E-state index in [4.69, 9.17) is 10.6 Å². The first-order valence-electron chi connectivity index (χ1n) is 4.47. The maximum atomic E-state index is 11.5. The van der Waals surface area contributed by atoms with E-state index in [2.05, 4.69) is 15.3 Å². The van der Waals surface area contributed by atoms with Gasteiger partial charge in [0.25, 0.3) is 5.91 Å². The highest BCUT2D eigenvalue weighted by atomic mass is 16.3. The van der Waals surface area contributed by atoms with Gasteiger partial charge < -0.3 is 15.5 Å². The molecule has 0 aliphatic carbocycles. The Morgan fingerprint density at radius 3 is 2.94 bits per heavy atom. The maximum Gasteiger partial charge on any atom is 0.255 e. The molecular formula is C9H10N4O3. The molecule has 0 spiro atoms. The highest BCUT2D eigenvalue weighted by Gasteiger charge is 2.12. The number of aromatic hydroxyl groups is 2. The van der Waals surface area contributed by atoms with Crippen molar-refractivity contribution in [3.8, 4) is 11.5 Å². The number of carbonyl (C=O) groups is 1. The lowest BCUT2D eigenvalue weighted by atomic mass is 10.1. The number of nitrogens with one attached hydrogen (secondary N) is 1. The summed E-state index contributed by atoms with van der Waals surface area (Å²) in [6.45, 7) is 0.291. The van der Waals surface area contributed by atoms with Crippen molar-refractivity contribution in [1.82, 2.24) is 5.32 Å². The molecule has 0 unspecified atom stereocenters. The summed E-state index contributed by atoms with van der Waals surface area (Å²) >= 11 is 0. The summed E-state index contributed by atoms with van der Waals surface area (Å²) in [6, 6.07) is 4.08. The van der Waals surface area contributed by atoms with E-state index < -0.39 is 11.7 Å². The standard InChI is InChI=1S/C9H10N4O3/c10-13-12-5-4-11-9(16)6-2-1-3-7(14)8(6)15/h1-3,14-15H,4-5H2,(H,11,16). The molecule has 0 atom stereocenters. The van der Waals surface area contributed by atoms with Crippen LogP contribution >= 0.6 is 0 Å². The fraction of sp³-hybridized carbons (Fsp3) is 0.222. The van der Waals surface area contributed by atoms with Gasteiger partial charge in [-0.15, -0.1) is 0 Å². The highest BCUT2D eigenvalue weighted by Crippen LogP contribution is 2.27. The van der Waals surface area contributed by atoms with Gasteiger partial charge in [0, 0.05) is 18.0 Å². The Morgan fingerprint density at radius 1 is 1.50 bits per heavy atom. The Morgan fingerprint density at radius 2 is 2.25 bits per heavy atom. The van der Waals surface area contributed by atoms with Gasteiger partial charge in [-0.1, -0.05) is 11.2 Å². The predicted octanol–water partition coefficient (Wildman–Crippen LogP) is 1.14.